The smallest absolute Gasteiger partial charge is 0.379 e. The second-order valence-corrected chi connectivity index (χ2v) is 13.4. The van der Waals surface area contributed by atoms with Crippen molar-refractivity contribution in [2.24, 2.45) is 5.41 Å². The summed E-state index contributed by atoms with van der Waals surface area (Å²) in [7, 11) is -4.40. The number of likely N-dealkylation sites (tertiary alicyclic amines) is 1. The molecule has 2 unspecified atom stereocenters. The minimum atomic E-state index is -4.40. The van der Waals surface area contributed by atoms with E-state index >= 15 is 0 Å². The third-order valence-corrected chi connectivity index (χ3v) is 8.27. The van der Waals surface area contributed by atoms with Gasteiger partial charge < -0.3 is 28.6 Å². The molecule has 44 heavy (non-hydrogen) atoms. The molecule has 0 aromatic carbocycles. The van der Waals surface area contributed by atoms with Gasteiger partial charge in [0.25, 0.3) is 11.8 Å². The van der Waals surface area contributed by atoms with Crippen molar-refractivity contribution in [2.75, 3.05) is 91.7 Å². The molecule has 2 rings (SSSR count). The van der Waals surface area contributed by atoms with Crippen LogP contribution in [-0.2, 0) is 56.5 Å². The molecule has 0 aliphatic carbocycles. The molecule has 0 radical (unpaired) electrons. The summed E-state index contributed by atoms with van der Waals surface area (Å²) in [4.78, 5) is 59.7. The molecular formula is C27H45N2O13PS. The van der Waals surface area contributed by atoms with Crippen LogP contribution in [0.5, 0.6) is 0 Å². The summed E-state index contributed by atoms with van der Waals surface area (Å²) in [5, 5.41) is -0.818. The van der Waals surface area contributed by atoms with Gasteiger partial charge in [0.05, 0.1) is 71.3 Å². The molecule has 0 aromatic rings. The number of carbonyl (C=O) groups excluding carboxylic acids is 4. The van der Waals surface area contributed by atoms with Gasteiger partial charge in [-0.15, -0.1) is 11.8 Å². The molecule has 4 amide bonds. The number of ether oxygens (including phenoxy) is 5. The third-order valence-electron chi connectivity index (χ3n) is 6.10. The van der Waals surface area contributed by atoms with Crippen molar-refractivity contribution in [1.82, 2.24) is 9.80 Å². The number of thioether (sulfide) groups is 1. The zero-order valence-corrected chi connectivity index (χ0v) is 27.4. The topological polar surface area (TPSA) is 177 Å². The molecule has 1 fully saturated rings. The first-order chi connectivity index (χ1) is 20.9. The second kappa shape index (κ2) is 20.4. The highest BCUT2D eigenvalue weighted by Gasteiger charge is 2.40. The van der Waals surface area contributed by atoms with Gasteiger partial charge in [0, 0.05) is 38.3 Å². The average molecular weight is 669 g/mol. The lowest BCUT2D eigenvalue weighted by Crippen LogP contribution is -2.41. The van der Waals surface area contributed by atoms with Gasteiger partial charge in [0.1, 0.15) is 5.94 Å². The van der Waals surface area contributed by atoms with Crippen molar-refractivity contribution in [3.63, 3.8) is 0 Å². The Hall–Kier alpha value is -1.72. The number of hydrogen-bond acceptors (Lipinski definition) is 13. The number of phosphoric acid groups is 1. The molecule has 0 bridgehead atoms. The molecule has 15 nitrogen and oxygen atoms in total. The molecule has 0 aromatic heterocycles. The van der Waals surface area contributed by atoms with Crippen LogP contribution in [-0.4, -0.2) is 135 Å². The molecule has 2 aliphatic rings. The van der Waals surface area contributed by atoms with Crippen LogP contribution in [0.1, 0.15) is 33.6 Å². The quantitative estimate of drug-likeness (QED) is 0.0639. The number of nitrogens with zero attached hydrogens (tertiary/aromatic N) is 2. The van der Waals surface area contributed by atoms with E-state index in [1.54, 1.807) is 0 Å². The van der Waals surface area contributed by atoms with Crippen molar-refractivity contribution in [3.05, 3.63) is 12.2 Å². The Balaban J connectivity index is 1.39. The summed E-state index contributed by atoms with van der Waals surface area (Å²) < 4.78 is 48.8. The van der Waals surface area contributed by atoms with Gasteiger partial charge in [0.2, 0.25) is 11.8 Å². The van der Waals surface area contributed by atoms with E-state index in [1.165, 1.54) is 0 Å². The van der Waals surface area contributed by atoms with Crippen LogP contribution in [0.25, 0.3) is 0 Å². The number of amides is 4. The Labute approximate surface area is 262 Å². The maximum Gasteiger partial charge on any atom is 0.473 e. The fraction of sp³-hybridized carbons (Fsp3) is 0.778. The van der Waals surface area contributed by atoms with E-state index in [9.17, 15) is 28.6 Å². The molecule has 17 heteroatoms. The number of imide groups is 2. The Morgan fingerprint density at radius 3 is 1.70 bits per heavy atom. The van der Waals surface area contributed by atoms with E-state index in [4.69, 9.17) is 32.7 Å². The monoisotopic (exact) mass is 668 g/mol. The lowest BCUT2D eigenvalue weighted by molar-refractivity contribution is -0.142. The fourth-order valence-corrected chi connectivity index (χ4v) is 5.51. The van der Waals surface area contributed by atoms with E-state index < -0.39 is 36.7 Å². The summed E-state index contributed by atoms with van der Waals surface area (Å²) in [6.45, 7) is 10.2. The van der Waals surface area contributed by atoms with Crippen LogP contribution in [0.2, 0.25) is 0 Å². The summed E-state index contributed by atoms with van der Waals surface area (Å²) in [5.41, 5.74) is 0.263. The van der Waals surface area contributed by atoms with Gasteiger partial charge >= 0.3 is 7.82 Å². The number of hydrogen-bond donors (Lipinski definition) is 1. The van der Waals surface area contributed by atoms with Crippen molar-refractivity contribution in [2.45, 2.75) is 38.9 Å². The second-order valence-electron chi connectivity index (χ2n) is 10.8. The molecule has 0 spiro atoms. The highest BCUT2D eigenvalue weighted by atomic mass is 32.2. The molecule has 2 atom stereocenters. The minimum absolute atomic E-state index is 0.0281. The largest absolute Gasteiger partial charge is 0.473 e. The molecule has 2 heterocycles. The standard InChI is InChI=1S/C27H45N2O13PS/c1-27(2,3)6-9-36-10-11-37-12-13-38-14-15-39-16-17-40-18-19-41-43(34,35)42-21-44-22-20-25(32)29(26(22)33)8-7-28-23(30)4-5-24(28)31/h4-5,22H,6-21H2,1-3H3,(H,34,35). The van der Waals surface area contributed by atoms with E-state index in [2.05, 4.69) is 20.8 Å². The summed E-state index contributed by atoms with van der Waals surface area (Å²) >= 11 is 0.875. The van der Waals surface area contributed by atoms with Crippen LogP contribution >= 0.6 is 19.6 Å². The zero-order chi connectivity index (χ0) is 32.4. The summed E-state index contributed by atoms with van der Waals surface area (Å²) in [6, 6.07) is 0. The molecule has 2 aliphatic heterocycles. The van der Waals surface area contributed by atoms with E-state index in [0.717, 1.165) is 46.7 Å². The van der Waals surface area contributed by atoms with Gasteiger partial charge in [-0.1, -0.05) is 20.8 Å². The predicted molar refractivity (Wildman–Crippen MR) is 158 cm³/mol. The van der Waals surface area contributed by atoms with E-state index in [-0.39, 0.29) is 50.7 Å². The first-order valence-electron chi connectivity index (χ1n) is 14.4. The predicted octanol–water partition coefficient (Wildman–Crippen LogP) is 1.38. The van der Waals surface area contributed by atoms with Crippen LogP contribution < -0.4 is 0 Å². The normalized spacial score (nSPS) is 18.7. The molecular weight excluding hydrogens is 623 g/mol. The Bertz CT molecular complexity index is 989. The first-order valence-corrected chi connectivity index (χ1v) is 16.9. The van der Waals surface area contributed by atoms with Crippen LogP contribution in [0.3, 0.4) is 0 Å². The lowest BCUT2D eigenvalue weighted by atomic mass is 9.93. The third kappa shape index (κ3) is 16.0. The molecule has 0 saturated carbocycles. The maximum atomic E-state index is 12.5. The van der Waals surface area contributed by atoms with Gasteiger partial charge in [-0.05, 0) is 11.8 Å². The minimum Gasteiger partial charge on any atom is -0.379 e. The lowest BCUT2D eigenvalue weighted by Gasteiger charge is -2.19. The van der Waals surface area contributed by atoms with Crippen molar-refractivity contribution >= 4 is 43.2 Å². The van der Waals surface area contributed by atoms with Crippen molar-refractivity contribution in [3.8, 4) is 0 Å². The Kier molecular flexibility index (Phi) is 17.8. The van der Waals surface area contributed by atoms with Gasteiger partial charge in [0.15, 0.2) is 0 Å². The van der Waals surface area contributed by atoms with Crippen LogP contribution in [0.15, 0.2) is 12.2 Å². The first kappa shape index (κ1) is 38.5. The average Bonchev–Trinajstić information content (AvgIpc) is 3.41. The van der Waals surface area contributed by atoms with E-state index in [0.29, 0.717) is 46.2 Å². The van der Waals surface area contributed by atoms with Crippen molar-refractivity contribution < 1.29 is 61.4 Å². The van der Waals surface area contributed by atoms with Crippen LogP contribution in [0.4, 0.5) is 0 Å². The SMILES string of the molecule is CC(C)(C)CCOCCOCCOCCOCCOCCOP(=O)(O)OCSC1CC(=O)N(CCN2C(=O)C=CC2=O)C1=O. The van der Waals surface area contributed by atoms with Gasteiger partial charge in [-0.3, -0.25) is 38.0 Å². The molecule has 1 saturated heterocycles. The number of carbonyl (C=O) groups is 4. The maximum absolute atomic E-state index is 12.5. The van der Waals surface area contributed by atoms with Crippen LogP contribution in [0, 0.1) is 5.41 Å². The van der Waals surface area contributed by atoms with Gasteiger partial charge in [-0.25, -0.2) is 4.57 Å². The Morgan fingerprint density at radius 2 is 1.20 bits per heavy atom. The summed E-state index contributed by atoms with van der Waals surface area (Å²) in [5.74, 6) is -2.37. The summed E-state index contributed by atoms with van der Waals surface area (Å²) in [6.07, 6.45) is 3.11. The number of rotatable bonds is 25. The van der Waals surface area contributed by atoms with E-state index in [1.807, 2.05) is 0 Å². The molecule has 1 N–H and O–H groups in total. The highest BCUT2D eigenvalue weighted by molar-refractivity contribution is 8.00. The highest BCUT2D eigenvalue weighted by Crippen LogP contribution is 2.44. The molecule has 252 valence electrons. The zero-order valence-electron chi connectivity index (χ0n) is 25.6. The fourth-order valence-electron chi connectivity index (χ4n) is 3.66. The van der Waals surface area contributed by atoms with Gasteiger partial charge in [-0.2, -0.15) is 0 Å². The Morgan fingerprint density at radius 1 is 0.750 bits per heavy atom. The number of phosphoric ester groups is 1. The van der Waals surface area contributed by atoms with Crippen molar-refractivity contribution in [1.29, 1.82) is 0 Å².